The highest BCUT2D eigenvalue weighted by atomic mass is 32.1. The normalized spacial score (nSPS) is 11.0. The number of hydrogen-bond donors (Lipinski definition) is 1. The first kappa shape index (κ1) is 15.8. The maximum Gasteiger partial charge on any atom is 0.124 e. The van der Waals surface area contributed by atoms with Gasteiger partial charge in [0.1, 0.15) is 16.5 Å². The van der Waals surface area contributed by atoms with E-state index in [1.54, 1.807) is 25.6 Å². The molecule has 0 atom stereocenters. The lowest BCUT2D eigenvalue weighted by Gasteiger charge is -2.06. The highest BCUT2D eigenvalue weighted by Gasteiger charge is 2.16. The van der Waals surface area contributed by atoms with Gasteiger partial charge < -0.3 is 14.8 Å². The Morgan fingerprint density at radius 1 is 1.14 bits per heavy atom. The first-order valence-corrected chi connectivity index (χ1v) is 7.78. The van der Waals surface area contributed by atoms with Crippen molar-refractivity contribution >= 4 is 11.3 Å². The average molecular weight is 306 g/mol. The zero-order valence-corrected chi connectivity index (χ0v) is 14.0. The zero-order valence-electron chi connectivity index (χ0n) is 13.2. The predicted octanol–water partition coefficient (Wildman–Crippen LogP) is 3.67. The fourth-order valence-electron chi connectivity index (χ4n) is 2.16. The van der Waals surface area contributed by atoms with Crippen molar-refractivity contribution in [2.45, 2.75) is 26.3 Å². The van der Waals surface area contributed by atoms with Crippen molar-refractivity contribution in [3.8, 4) is 22.1 Å². The van der Waals surface area contributed by atoms with Gasteiger partial charge in [0.05, 0.1) is 19.9 Å². The van der Waals surface area contributed by atoms with Gasteiger partial charge >= 0.3 is 0 Å². The van der Waals surface area contributed by atoms with Crippen LogP contribution in [0.25, 0.3) is 10.6 Å². The highest BCUT2D eigenvalue weighted by Crippen LogP contribution is 2.35. The Morgan fingerprint density at radius 2 is 1.76 bits per heavy atom. The molecule has 21 heavy (non-hydrogen) atoms. The van der Waals surface area contributed by atoms with Gasteiger partial charge in [-0.05, 0) is 25.1 Å². The number of thiazole rings is 1. The van der Waals surface area contributed by atoms with E-state index in [-0.39, 0.29) is 0 Å². The smallest absolute Gasteiger partial charge is 0.124 e. The van der Waals surface area contributed by atoms with Gasteiger partial charge in [0.15, 0.2) is 0 Å². The van der Waals surface area contributed by atoms with Crippen LogP contribution in [0.1, 0.15) is 30.3 Å². The molecule has 2 rings (SSSR count). The third kappa shape index (κ3) is 3.54. The van der Waals surface area contributed by atoms with E-state index < -0.39 is 0 Å². The number of nitrogens with zero attached hydrogens (tertiary/aromatic N) is 1. The molecule has 1 N–H and O–H groups in total. The van der Waals surface area contributed by atoms with Gasteiger partial charge in [-0.2, -0.15) is 0 Å². The zero-order chi connectivity index (χ0) is 15.4. The second-order valence-corrected chi connectivity index (χ2v) is 6.20. The van der Waals surface area contributed by atoms with Gasteiger partial charge in [-0.1, -0.05) is 13.8 Å². The van der Waals surface area contributed by atoms with Crippen LogP contribution in [0.5, 0.6) is 11.5 Å². The fraction of sp³-hybridized carbons (Fsp3) is 0.438. The van der Waals surface area contributed by atoms with Crippen LogP contribution < -0.4 is 14.8 Å². The number of nitrogens with one attached hydrogen (secondary N) is 1. The van der Waals surface area contributed by atoms with Gasteiger partial charge in [-0.3, -0.25) is 0 Å². The number of rotatable bonds is 6. The van der Waals surface area contributed by atoms with Crippen molar-refractivity contribution in [1.82, 2.24) is 10.3 Å². The maximum absolute atomic E-state index is 5.34. The molecule has 0 amide bonds. The summed E-state index contributed by atoms with van der Waals surface area (Å²) in [7, 11) is 5.27. The van der Waals surface area contributed by atoms with Crippen molar-refractivity contribution in [2.24, 2.45) is 0 Å². The number of benzene rings is 1. The number of ether oxygens (including phenoxy) is 2. The van der Waals surface area contributed by atoms with Crippen LogP contribution in [0.15, 0.2) is 18.2 Å². The van der Waals surface area contributed by atoms with Crippen molar-refractivity contribution in [2.75, 3.05) is 21.3 Å². The van der Waals surface area contributed by atoms with Crippen LogP contribution in [0, 0.1) is 0 Å². The summed E-state index contributed by atoms with van der Waals surface area (Å²) in [4.78, 5) is 6.10. The second-order valence-electron chi connectivity index (χ2n) is 5.11. The Balaban J connectivity index is 2.48. The van der Waals surface area contributed by atoms with Crippen molar-refractivity contribution in [3.63, 3.8) is 0 Å². The summed E-state index contributed by atoms with van der Waals surface area (Å²) in [6, 6.07) is 5.86. The maximum atomic E-state index is 5.34. The average Bonchev–Trinajstić information content (AvgIpc) is 2.91. The summed E-state index contributed by atoms with van der Waals surface area (Å²) >= 11 is 1.72. The molecule has 0 bridgehead atoms. The molecular formula is C16H22N2O2S. The van der Waals surface area contributed by atoms with E-state index in [1.807, 2.05) is 25.2 Å². The molecule has 0 spiro atoms. The summed E-state index contributed by atoms with van der Waals surface area (Å²) in [5.41, 5.74) is 2.19. The Hall–Kier alpha value is -1.59. The van der Waals surface area contributed by atoms with E-state index in [4.69, 9.17) is 14.5 Å². The topological polar surface area (TPSA) is 43.4 Å². The van der Waals surface area contributed by atoms with Gasteiger partial charge in [0.25, 0.3) is 0 Å². The summed E-state index contributed by atoms with van der Waals surface area (Å²) < 4.78 is 10.7. The van der Waals surface area contributed by atoms with Crippen molar-refractivity contribution in [1.29, 1.82) is 0 Å². The monoisotopic (exact) mass is 306 g/mol. The Bertz CT molecular complexity index is 586. The molecule has 1 aromatic carbocycles. The molecule has 114 valence electrons. The highest BCUT2D eigenvalue weighted by molar-refractivity contribution is 7.15. The van der Waals surface area contributed by atoms with E-state index in [1.165, 1.54) is 4.88 Å². The van der Waals surface area contributed by atoms with Gasteiger partial charge in [0, 0.05) is 23.1 Å². The van der Waals surface area contributed by atoms with E-state index in [0.29, 0.717) is 5.92 Å². The third-order valence-corrected chi connectivity index (χ3v) is 4.33. The summed E-state index contributed by atoms with van der Waals surface area (Å²) in [5.74, 6) is 1.97. The fourth-order valence-corrected chi connectivity index (χ4v) is 3.37. The van der Waals surface area contributed by atoms with Crippen LogP contribution in [0.4, 0.5) is 0 Å². The molecule has 0 unspecified atom stereocenters. The molecule has 0 aliphatic carbocycles. The molecule has 0 aliphatic rings. The predicted molar refractivity (Wildman–Crippen MR) is 87.5 cm³/mol. The molecule has 0 aliphatic heterocycles. The lowest BCUT2D eigenvalue weighted by atomic mass is 10.1. The van der Waals surface area contributed by atoms with E-state index in [2.05, 4.69) is 19.2 Å². The number of aromatic nitrogens is 1. The molecule has 1 heterocycles. The molecule has 1 aromatic heterocycles. The van der Waals surface area contributed by atoms with Crippen molar-refractivity contribution in [3.05, 3.63) is 28.8 Å². The van der Waals surface area contributed by atoms with Gasteiger partial charge in [0.2, 0.25) is 0 Å². The van der Waals surface area contributed by atoms with Crippen LogP contribution in [-0.2, 0) is 6.54 Å². The lowest BCUT2D eigenvalue weighted by molar-refractivity contribution is 0.394. The summed E-state index contributed by atoms with van der Waals surface area (Å²) in [6.45, 7) is 5.18. The first-order chi connectivity index (χ1) is 10.1. The Kier molecular flexibility index (Phi) is 5.20. The largest absolute Gasteiger partial charge is 0.497 e. The molecule has 0 radical (unpaired) electrons. The number of hydrogen-bond acceptors (Lipinski definition) is 5. The number of methoxy groups -OCH3 is 2. The van der Waals surface area contributed by atoms with Gasteiger partial charge in [-0.15, -0.1) is 11.3 Å². The molecule has 0 saturated heterocycles. The Morgan fingerprint density at radius 3 is 2.24 bits per heavy atom. The molecule has 0 saturated carbocycles. The van der Waals surface area contributed by atoms with Gasteiger partial charge in [-0.25, -0.2) is 4.98 Å². The van der Waals surface area contributed by atoms with E-state index >= 15 is 0 Å². The minimum Gasteiger partial charge on any atom is -0.497 e. The summed E-state index contributed by atoms with van der Waals surface area (Å²) in [6.07, 6.45) is 0. The quantitative estimate of drug-likeness (QED) is 0.884. The first-order valence-electron chi connectivity index (χ1n) is 6.96. The third-order valence-electron chi connectivity index (χ3n) is 3.21. The molecule has 0 fully saturated rings. The van der Waals surface area contributed by atoms with E-state index in [9.17, 15) is 0 Å². The second kappa shape index (κ2) is 6.91. The van der Waals surface area contributed by atoms with Crippen LogP contribution in [0.3, 0.4) is 0 Å². The molecule has 4 nitrogen and oxygen atoms in total. The van der Waals surface area contributed by atoms with E-state index in [0.717, 1.165) is 34.3 Å². The summed E-state index contributed by atoms with van der Waals surface area (Å²) in [5, 5.41) is 4.21. The molecule has 2 aromatic rings. The van der Waals surface area contributed by atoms with Crippen LogP contribution in [0.2, 0.25) is 0 Å². The molecular weight excluding hydrogens is 284 g/mol. The Labute approximate surface area is 130 Å². The standard InChI is InChI=1S/C16H22N2O2S/c1-10(2)15-14(9-17-3)21-16(18-15)11-6-12(19-4)8-13(7-11)20-5/h6-8,10,17H,9H2,1-5H3. The van der Waals surface area contributed by atoms with Crippen LogP contribution in [-0.4, -0.2) is 26.3 Å². The minimum absolute atomic E-state index is 0.408. The molecule has 5 heteroatoms. The SMILES string of the molecule is CNCc1sc(-c2cc(OC)cc(OC)c2)nc1C(C)C. The lowest BCUT2D eigenvalue weighted by Crippen LogP contribution is -2.06. The van der Waals surface area contributed by atoms with Crippen LogP contribution >= 0.6 is 11.3 Å². The minimum atomic E-state index is 0.408. The van der Waals surface area contributed by atoms with Crippen molar-refractivity contribution < 1.29 is 9.47 Å².